The first kappa shape index (κ1) is 11.5. The van der Waals surface area contributed by atoms with Crippen LogP contribution in [-0.2, 0) is 6.54 Å². The van der Waals surface area contributed by atoms with Crippen LogP contribution in [0.2, 0.25) is 0 Å². The van der Waals surface area contributed by atoms with Crippen molar-refractivity contribution >= 4 is 5.78 Å². The average Bonchev–Trinajstić information content (AvgIpc) is 2.76. The number of benzene rings is 1. The lowest BCUT2D eigenvalue weighted by Gasteiger charge is -1.99. The van der Waals surface area contributed by atoms with Gasteiger partial charge in [0.05, 0.1) is 12.1 Å². The number of carbonyl (C=O) groups excluding carboxylic acids is 1. The van der Waals surface area contributed by atoms with Crippen molar-refractivity contribution in [3.8, 4) is 0 Å². The van der Waals surface area contributed by atoms with E-state index in [-0.39, 0.29) is 17.9 Å². The van der Waals surface area contributed by atoms with Gasteiger partial charge in [0.2, 0.25) is 5.78 Å². The summed E-state index contributed by atoms with van der Waals surface area (Å²) in [7, 11) is 0. The van der Waals surface area contributed by atoms with Crippen molar-refractivity contribution in [2.45, 2.75) is 6.54 Å². The van der Waals surface area contributed by atoms with Gasteiger partial charge in [-0.15, -0.1) is 0 Å². The monoisotopic (exact) mass is 237 g/mol. The zero-order valence-electron chi connectivity index (χ0n) is 8.74. The van der Waals surface area contributed by atoms with Crippen LogP contribution in [0.1, 0.15) is 21.9 Å². The number of furan rings is 1. The number of rotatable bonds is 3. The van der Waals surface area contributed by atoms with E-state index >= 15 is 0 Å². The van der Waals surface area contributed by atoms with Crippen molar-refractivity contribution in [1.29, 1.82) is 0 Å². The van der Waals surface area contributed by atoms with Gasteiger partial charge in [-0.1, -0.05) is 0 Å². The summed E-state index contributed by atoms with van der Waals surface area (Å²) in [6.45, 7) is 0.152. The van der Waals surface area contributed by atoms with E-state index in [9.17, 15) is 13.6 Å². The zero-order chi connectivity index (χ0) is 12.4. The molecule has 88 valence electrons. The molecule has 1 aromatic heterocycles. The Morgan fingerprint density at radius 3 is 2.59 bits per heavy atom. The van der Waals surface area contributed by atoms with Gasteiger partial charge in [0, 0.05) is 6.07 Å². The molecule has 1 heterocycles. The van der Waals surface area contributed by atoms with Crippen LogP contribution in [0.25, 0.3) is 0 Å². The summed E-state index contributed by atoms with van der Waals surface area (Å²) in [5.41, 5.74) is 5.09. The van der Waals surface area contributed by atoms with E-state index < -0.39 is 17.4 Å². The van der Waals surface area contributed by atoms with Gasteiger partial charge in [-0.25, -0.2) is 8.78 Å². The van der Waals surface area contributed by atoms with Crippen molar-refractivity contribution in [2.24, 2.45) is 5.73 Å². The maximum Gasteiger partial charge on any atom is 0.231 e. The highest BCUT2D eigenvalue weighted by Gasteiger charge is 2.17. The summed E-state index contributed by atoms with van der Waals surface area (Å²) in [6, 6.07) is 5.70. The van der Waals surface area contributed by atoms with Gasteiger partial charge in [0.1, 0.15) is 17.4 Å². The quantitative estimate of drug-likeness (QED) is 0.833. The first-order chi connectivity index (χ1) is 8.11. The number of nitrogens with two attached hydrogens (primary N) is 1. The van der Waals surface area contributed by atoms with Gasteiger partial charge in [0.15, 0.2) is 5.76 Å². The van der Waals surface area contributed by atoms with Crippen molar-refractivity contribution in [3.63, 3.8) is 0 Å². The number of carbonyl (C=O) groups is 1. The Morgan fingerprint density at radius 2 is 2.00 bits per heavy atom. The minimum atomic E-state index is -0.916. The van der Waals surface area contributed by atoms with Gasteiger partial charge in [-0.3, -0.25) is 4.79 Å². The van der Waals surface area contributed by atoms with E-state index in [4.69, 9.17) is 10.2 Å². The predicted molar refractivity (Wildman–Crippen MR) is 56.4 cm³/mol. The van der Waals surface area contributed by atoms with Crippen LogP contribution in [0.5, 0.6) is 0 Å². The van der Waals surface area contributed by atoms with Crippen LogP contribution in [0, 0.1) is 11.6 Å². The zero-order valence-corrected chi connectivity index (χ0v) is 8.74. The third kappa shape index (κ3) is 2.24. The smallest absolute Gasteiger partial charge is 0.231 e. The van der Waals surface area contributed by atoms with Gasteiger partial charge in [-0.05, 0) is 24.3 Å². The highest BCUT2D eigenvalue weighted by Crippen LogP contribution is 2.16. The maximum absolute atomic E-state index is 13.3. The van der Waals surface area contributed by atoms with Gasteiger partial charge in [-0.2, -0.15) is 0 Å². The van der Waals surface area contributed by atoms with E-state index in [0.717, 1.165) is 12.1 Å². The summed E-state index contributed by atoms with van der Waals surface area (Å²) in [6.07, 6.45) is 0. The minimum absolute atomic E-state index is 0.0176. The largest absolute Gasteiger partial charge is 0.456 e. The van der Waals surface area contributed by atoms with Crippen molar-refractivity contribution in [3.05, 3.63) is 59.1 Å². The first-order valence-electron chi connectivity index (χ1n) is 4.90. The van der Waals surface area contributed by atoms with E-state index in [1.165, 1.54) is 12.1 Å². The molecule has 0 spiro atoms. The van der Waals surface area contributed by atoms with Crippen LogP contribution in [0.3, 0.4) is 0 Å². The maximum atomic E-state index is 13.3. The summed E-state index contributed by atoms with van der Waals surface area (Å²) >= 11 is 0. The molecular formula is C12H9F2NO2. The van der Waals surface area contributed by atoms with E-state index in [2.05, 4.69) is 0 Å². The normalized spacial score (nSPS) is 10.5. The lowest BCUT2D eigenvalue weighted by atomic mass is 10.1. The molecule has 0 saturated carbocycles. The summed E-state index contributed by atoms with van der Waals surface area (Å²) in [5.74, 6) is -1.88. The Labute approximate surface area is 95.8 Å². The molecule has 0 aliphatic heterocycles. The van der Waals surface area contributed by atoms with Crippen molar-refractivity contribution < 1.29 is 18.0 Å². The molecule has 2 N–H and O–H groups in total. The minimum Gasteiger partial charge on any atom is -0.456 e. The second-order valence-electron chi connectivity index (χ2n) is 3.42. The number of hydrogen-bond acceptors (Lipinski definition) is 3. The van der Waals surface area contributed by atoms with Crippen LogP contribution in [0.4, 0.5) is 8.78 Å². The number of halogens is 2. The van der Waals surface area contributed by atoms with Crippen molar-refractivity contribution in [2.75, 3.05) is 0 Å². The molecule has 0 amide bonds. The van der Waals surface area contributed by atoms with Crippen LogP contribution >= 0.6 is 0 Å². The van der Waals surface area contributed by atoms with Crippen molar-refractivity contribution in [1.82, 2.24) is 0 Å². The fourth-order valence-corrected chi connectivity index (χ4v) is 1.42. The van der Waals surface area contributed by atoms with E-state index in [1.807, 2.05) is 0 Å². The van der Waals surface area contributed by atoms with Gasteiger partial charge >= 0.3 is 0 Å². The fraction of sp³-hybridized carbons (Fsp3) is 0.0833. The standard InChI is InChI=1S/C12H9F2NO2/c13-7-1-3-9(10(14)5-7)12(16)11-4-2-8(6-15)17-11/h1-5H,6,15H2. The lowest BCUT2D eigenvalue weighted by molar-refractivity contribution is 0.100. The Hall–Kier alpha value is -2.01. The molecular weight excluding hydrogens is 228 g/mol. The van der Waals surface area contributed by atoms with Gasteiger partial charge < -0.3 is 10.2 Å². The third-order valence-electron chi connectivity index (χ3n) is 2.26. The molecule has 0 radical (unpaired) electrons. The summed E-state index contributed by atoms with van der Waals surface area (Å²) < 4.78 is 31.1. The molecule has 0 fully saturated rings. The second kappa shape index (κ2) is 4.47. The molecule has 3 nitrogen and oxygen atoms in total. The third-order valence-corrected chi connectivity index (χ3v) is 2.26. The second-order valence-corrected chi connectivity index (χ2v) is 3.42. The molecule has 1 aromatic carbocycles. The Morgan fingerprint density at radius 1 is 1.24 bits per heavy atom. The Kier molecular flexibility index (Phi) is 3.01. The number of ketones is 1. The molecule has 0 unspecified atom stereocenters. The molecule has 17 heavy (non-hydrogen) atoms. The molecule has 0 atom stereocenters. The van der Waals surface area contributed by atoms with Crippen LogP contribution < -0.4 is 5.73 Å². The summed E-state index contributed by atoms with van der Waals surface area (Å²) in [5, 5.41) is 0. The summed E-state index contributed by atoms with van der Waals surface area (Å²) in [4.78, 5) is 11.8. The Bertz CT molecular complexity index is 563. The average molecular weight is 237 g/mol. The fourth-order valence-electron chi connectivity index (χ4n) is 1.42. The lowest BCUT2D eigenvalue weighted by Crippen LogP contribution is -2.03. The molecule has 0 aliphatic rings. The molecule has 0 bridgehead atoms. The first-order valence-corrected chi connectivity index (χ1v) is 4.90. The molecule has 2 aromatic rings. The topological polar surface area (TPSA) is 56.2 Å². The molecule has 0 saturated heterocycles. The van der Waals surface area contributed by atoms with Crippen LogP contribution in [-0.4, -0.2) is 5.78 Å². The Balaban J connectivity index is 2.36. The van der Waals surface area contributed by atoms with Gasteiger partial charge in [0.25, 0.3) is 0 Å². The number of hydrogen-bond donors (Lipinski definition) is 1. The predicted octanol–water partition coefficient (Wildman–Crippen LogP) is 2.25. The van der Waals surface area contributed by atoms with E-state index in [1.54, 1.807) is 0 Å². The molecule has 2 rings (SSSR count). The highest BCUT2D eigenvalue weighted by atomic mass is 19.1. The van der Waals surface area contributed by atoms with E-state index in [0.29, 0.717) is 11.8 Å². The highest BCUT2D eigenvalue weighted by molar-refractivity contribution is 6.07. The molecule has 0 aliphatic carbocycles. The molecule has 5 heteroatoms. The SMILES string of the molecule is NCc1ccc(C(=O)c2ccc(F)cc2F)o1. The van der Waals surface area contributed by atoms with Crippen LogP contribution in [0.15, 0.2) is 34.7 Å².